The first-order valence-corrected chi connectivity index (χ1v) is 3.94. The predicted octanol–water partition coefficient (Wildman–Crippen LogP) is 1.75. The van der Waals surface area contributed by atoms with Gasteiger partial charge in [-0.25, -0.2) is 0 Å². The lowest BCUT2D eigenvalue weighted by molar-refractivity contribution is -0.116. The normalized spacial score (nSPS) is 8.44. The van der Waals surface area contributed by atoms with E-state index in [0.29, 0.717) is 18.2 Å². The number of alkyl halides is 1. The van der Waals surface area contributed by atoms with Crippen molar-refractivity contribution in [3.63, 3.8) is 0 Å². The molecule has 9 heavy (non-hydrogen) atoms. The molecule has 0 bridgehead atoms. The van der Waals surface area contributed by atoms with E-state index in [1.54, 1.807) is 0 Å². The molecule has 0 unspecified atom stereocenters. The summed E-state index contributed by atoms with van der Waals surface area (Å²) in [7, 11) is 0. The third kappa shape index (κ3) is 5.58. The Hall–Kier alpha value is -0.290. The largest absolute Gasteiger partial charge is 0.299 e. The fourth-order valence-corrected chi connectivity index (χ4v) is 0.735. The second-order valence-corrected chi connectivity index (χ2v) is 2.29. The highest BCUT2D eigenvalue weighted by Gasteiger charge is 1.95. The van der Waals surface area contributed by atoms with Gasteiger partial charge in [0, 0.05) is 12.8 Å². The topological polar surface area (TPSA) is 17.1 Å². The van der Waals surface area contributed by atoms with E-state index in [1.807, 2.05) is 0 Å². The zero-order valence-corrected chi connectivity index (χ0v) is 6.78. The molecule has 0 rings (SSSR count). The van der Waals surface area contributed by atoms with Crippen LogP contribution in [0.15, 0.2) is 0 Å². The lowest BCUT2D eigenvalue weighted by atomic mass is 10.2. The fraction of sp³-hybridized carbons (Fsp3) is 0.571. The molecule has 0 radical (unpaired) electrons. The van der Waals surface area contributed by atoms with Gasteiger partial charge in [-0.05, 0) is 6.42 Å². The van der Waals surface area contributed by atoms with Gasteiger partial charge in [-0.1, -0.05) is 15.9 Å². The summed E-state index contributed by atoms with van der Waals surface area (Å²) in [6.45, 7) is 0. The summed E-state index contributed by atoms with van der Waals surface area (Å²) in [5, 5.41) is 0.456. The maximum Gasteiger partial charge on any atom is 0.143 e. The van der Waals surface area contributed by atoms with E-state index in [2.05, 4.69) is 21.9 Å². The smallest absolute Gasteiger partial charge is 0.143 e. The molecule has 2 heteroatoms. The lowest BCUT2D eigenvalue weighted by Crippen LogP contribution is -1.96. The summed E-state index contributed by atoms with van der Waals surface area (Å²) in [4.78, 5) is 10.6. The minimum Gasteiger partial charge on any atom is -0.299 e. The van der Waals surface area contributed by atoms with Gasteiger partial charge < -0.3 is 0 Å². The molecule has 0 heterocycles. The van der Waals surface area contributed by atoms with Crippen LogP contribution in [0.1, 0.15) is 19.3 Å². The van der Waals surface area contributed by atoms with Crippen molar-refractivity contribution in [2.45, 2.75) is 19.3 Å². The minimum absolute atomic E-state index is 0.227. The van der Waals surface area contributed by atoms with Crippen molar-refractivity contribution in [1.29, 1.82) is 0 Å². The van der Waals surface area contributed by atoms with Crippen LogP contribution in [0, 0.1) is 12.3 Å². The van der Waals surface area contributed by atoms with Crippen molar-refractivity contribution in [2.24, 2.45) is 0 Å². The molecule has 0 amide bonds. The SMILES string of the molecule is C#CCCCC(=O)CBr. The van der Waals surface area contributed by atoms with Crippen LogP contribution in [-0.4, -0.2) is 11.1 Å². The van der Waals surface area contributed by atoms with Gasteiger partial charge in [0.2, 0.25) is 0 Å². The Balaban J connectivity index is 3.09. The van der Waals surface area contributed by atoms with Gasteiger partial charge in [-0.3, -0.25) is 4.79 Å². The molecule has 0 atom stereocenters. The molecule has 0 aliphatic rings. The number of rotatable bonds is 4. The summed E-state index contributed by atoms with van der Waals surface area (Å²) in [5.41, 5.74) is 0. The van der Waals surface area contributed by atoms with Crippen LogP contribution < -0.4 is 0 Å². The Bertz CT molecular complexity index is 123. The van der Waals surface area contributed by atoms with Gasteiger partial charge in [-0.15, -0.1) is 12.3 Å². The van der Waals surface area contributed by atoms with Crippen LogP contribution in [-0.2, 0) is 4.79 Å². The van der Waals surface area contributed by atoms with E-state index in [1.165, 1.54) is 0 Å². The zero-order valence-electron chi connectivity index (χ0n) is 5.19. The van der Waals surface area contributed by atoms with E-state index in [0.717, 1.165) is 6.42 Å². The third-order valence-electron chi connectivity index (χ3n) is 0.926. The van der Waals surface area contributed by atoms with Crippen LogP contribution >= 0.6 is 15.9 Å². The zero-order chi connectivity index (χ0) is 7.11. The first-order chi connectivity index (χ1) is 4.31. The number of hydrogen-bond acceptors (Lipinski definition) is 1. The van der Waals surface area contributed by atoms with Crippen LogP contribution in [0.4, 0.5) is 0 Å². The van der Waals surface area contributed by atoms with Crippen molar-refractivity contribution in [3.8, 4) is 12.3 Å². The Morgan fingerprint density at radius 1 is 1.67 bits per heavy atom. The molecular formula is C7H9BrO. The second-order valence-electron chi connectivity index (χ2n) is 1.73. The number of halogens is 1. The van der Waals surface area contributed by atoms with E-state index in [-0.39, 0.29) is 5.78 Å². The van der Waals surface area contributed by atoms with Gasteiger partial charge in [-0.2, -0.15) is 0 Å². The standard InChI is InChI=1S/C7H9BrO/c1-2-3-4-5-7(9)6-8/h1H,3-6H2. The molecule has 0 spiro atoms. The van der Waals surface area contributed by atoms with Gasteiger partial charge in [0.25, 0.3) is 0 Å². The van der Waals surface area contributed by atoms with Crippen molar-refractivity contribution in [1.82, 2.24) is 0 Å². The van der Waals surface area contributed by atoms with Crippen LogP contribution in [0.5, 0.6) is 0 Å². The summed E-state index contributed by atoms with van der Waals surface area (Å²) in [6, 6.07) is 0. The van der Waals surface area contributed by atoms with E-state index >= 15 is 0 Å². The second kappa shape index (κ2) is 5.84. The quantitative estimate of drug-likeness (QED) is 0.374. The minimum atomic E-state index is 0.227. The third-order valence-corrected chi connectivity index (χ3v) is 1.55. The van der Waals surface area contributed by atoms with Crippen molar-refractivity contribution in [2.75, 3.05) is 5.33 Å². The van der Waals surface area contributed by atoms with E-state index < -0.39 is 0 Å². The monoisotopic (exact) mass is 188 g/mol. The van der Waals surface area contributed by atoms with Gasteiger partial charge in [0.15, 0.2) is 0 Å². The first-order valence-electron chi connectivity index (χ1n) is 2.82. The van der Waals surface area contributed by atoms with Crippen LogP contribution in [0.25, 0.3) is 0 Å². The molecule has 0 aromatic carbocycles. The molecule has 0 aliphatic carbocycles. The van der Waals surface area contributed by atoms with Crippen LogP contribution in [0.3, 0.4) is 0 Å². The predicted molar refractivity (Wildman–Crippen MR) is 41.5 cm³/mol. The highest BCUT2D eigenvalue weighted by atomic mass is 79.9. The molecule has 0 fully saturated rings. The maximum absolute atomic E-state index is 10.6. The highest BCUT2D eigenvalue weighted by molar-refractivity contribution is 9.09. The molecule has 0 aromatic heterocycles. The van der Waals surface area contributed by atoms with Crippen molar-refractivity contribution in [3.05, 3.63) is 0 Å². The number of Topliss-reactive ketones (excluding diaryl/α,β-unsaturated/α-hetero) is 1. The number of unbranched alkanes of at least 4 members (excludes halogenated alkanes) is 1. The van der Waals surface area contributed by atoms with E-state index in [4.69, 9.17) is 6.42 Å². The van der Waals surface area contributed by atoms with Crippen molar-refractivity contribution < 1.29 is 4.79 Å². The highest BCUT2D eigenvalue weighted by Crippen LogP contribution is 1.96. The Labute approximate surface area is 64.0 Å². The summed E-state index contributed by atoms with van der Waals surface area (Å²) in [6.07, 6.45) is 7.12. The fourth-order valence-electron chi connectivity index (χ4n) is 0.454. The Morgan fingerprint density at radius 3 is 2.78 bits per heavy atom. The molecule has 50 valence electrons. The molecule has 1 nitrogen and oxygen atoms in total. The number of ketones is 1. The molecule has 0 N–H and O–H groups in total. The lowest BCUT2D eigenvalue weighted by Gasteiger charge is -1.90. The summed E-state index contributed by atoms with van der Waals surface area (Å²) >= 11 is 3.07. The molecule has 0 saturated heterocycles. The van der Waals surface area contributed by atoms with Gasteiger partial charge in [0.1, 0.15) is 5.78 Å². The summed E-state index contributed by atoms with van der Waals surface area (Å²) in [5.74, 6) is 2.71. The number of carbonyl (C=O) groups is 1. The average Bonchev–Trinajstić information content (AvgIpc) is 1.89. The van der Waals surface area contributed by atoms with E-state index in [9.17, 15) is 4.79 Å². The van der Waals surface area contributed by atoms with Gasteiger partial charge in [0.05, 0.1) is 5.33 Å². The molecular weight excluding hydrogens is 180 g/mol. The average molecular weight is 189 g/mol. The molecule has 0 aliphatic heterocycles. The number of hydrogen-bond donors (Lipinski definition) is 0. The summed E-state index contributed by atoms with van der Waals surface area (Å²) < 4.78 is 0. The maximum atomic E-state index is 10.6. The number of terminal acetylenes is 1. The Kier molecular flexibility index (Phi) is 5.65. The van der Waals surface area contributed by atoms with Crippen LogP contribution in [0.2, 0.25) is 0 Å². The first kappa shape index (κ1) is 8.71. The van der Waals surface area contributed by atoms with Gasteiger partial charge >= 0.3 is 0 Å². The Morgan fingerprint density at radius 2 is 2.33 bits per heavy atom. The molecule has 0 saturated carbocycles. The number of carbonyl (C=O) groups excluding carboxylic acids is 1. The molecule has 0 aromatic rings. The van der Waals surface area contributed by atoms with Crippen molar-refractivity contribution >= 4 is 21.7 Å².